The van der Waals surface area contributed by atoms with Crippen molar-refractivity contribution in [3.05, 3.63) is 66.6 Å². The highest BCUT2D eigenvalue weighted by atomic mass is 19.1. The molecule has 1 fully saturated rings. The van der Waals surface area contributed by atoms with Crippen LogP contribution < -0.4 is 10.6 Å². The summed E-state index contributed by atoms with van der Waals surface area (Å²) in [5.74, 6) is -0.928. The molecule has 0 saturated heterocycles. The number of hydrogen-bond acceptors (Lipinski definition) is 5. The Morgan fingerprint density at radius 3 is 2.48 bits per heavy atom. The second-order valence-corrected chi connectivity index (χ2v) is 7.40. The minimum atomic E-state index is -0.548. The third-order valence-electron chi connectivity index (χ3n) is 5.03. The van der Waals surface area contributed by atoms with E-state index in [2.05, 4.69) is 30.8 Å². The van der Waals surface area contributed by atoms with E-state index in [9.17, 15) is 14.0 Å². The fraction of sp³-hybridized carbons (Fsp3) is 0.136. The van der Waals surface area contributed by atoms with Gasteiger partial charge in [0, 0.05) is 29.1 Å². The summed E-state index contributed by atoms with van der Waals surface area (Å²) in [6, 6.07) is 8.53. The molecule has 0 unspecified atom stereocenters. The Kier molecular flexibility index (Phi) is 4.62. The summed E-state index contributed by atoms with van der Waals surface area (Å²) in [5.41, 5.74) is 3.31. The summed E-state index contributed by atoms with van der Waals surface area (Å²) in [5, 5.41) is 13.0. The number of hydrogen-bond donors (Lipinski definition) is 3. The predicted octanol–water partition coefficient (Wildman–Crippen LogP) is 3.76. The molecular formula is C22H17FN6O2. The molecule has 0 spiro atoms. The van der Waals surface area contributed by atoms with E-state index in [1.165, 1.54) is 12.3 Å². The number of carbonyl (C=O) groups is 2. The van der Waals surface area contributed by atoms with Crippen molar-refractivity contribution in [2.45, 2.75) is 12.8 Å². The first-order valence-electron chi connectivity index (χ1n) is 9.73. The number of aromatic amines is 1. The molecule has 0 bridgehead atoms. The van der Waals surface area contributed by atoms with Gasteiger partial charge in [0.05, 0.1) is 35.5 Å². The van der Waals surface area contributed by atoms with Crippen molar-refractivity contribution < 1.29 is 14.0 Å². The van der Waals surface area contributed by atoms with Gasteiger partial charge in [-0.2, -0.15) is 5.10 Å². The largest absolute Gasteiger partial charge is 0.324 e. The molecule has 3 N–H and O–H groups in total. The van der Waals surface area contributed by atoms with Gasteiger partial charge in [0.15, 0.2) is 5.69 Å². The summed E-state index contributed by atoms with van der Waals surface area (Å²) in [6.07, 6.45) is 7.55. The average Bonchev–Trinajstić information content (AvgIpc) is 3.53. The van der Waals surface area contributed by atoms with Crippen molar-refractivity contribution in [3.63, 3.8) is 0 Å². The maximum Gasteiger partial charge on any atom is 0.276 e. The van der Waals surface area contributed by atoms with Gasteiger partial charge in [-0.1, -0.05) is 6.07 Å². The fourth-order valence-electron chi connectivity index (χ4n) is 3.29. The van der Waals surface area contributed by atoms with Crippen molar-refractivity contribution in [1.82, 2.24) is 20.2 Å². The second-order valence-electron chi connectivity index (χ2n) is 7.40. The average molecular weight is 416 g/mol. The molecule has 154 valence electrons. The molecule has 3 heterocycles. The first kappa shape index (κ1) is 18.9. The molecule has 0 radical (unpaired) electrons. The minimum Gasteiger partial charge on any atom is -0.324 e. The van der Waals surface area contributed by atoms with Gasteiger partial charge < -0.3 is 10.6 Å². The first-order valence-corrected chi connectivity index (χ1v) is 9.73. The Bertz CT molecular complexity index is 1310. The first-order chi connectivity index (χ1) is 15.1. The van der Waals surface area contributed by atoms with Crippen LogP contribution in [0, 0.1) is 11.7 Å². The summed E-state index contributed by atoms with van der Waals surface area (Å²) in [4.78, 5) is 32.7. The summed E-state index contributed by atoms with van der Waals surface area (Å²) in [7, 11) is 0. The Hall–Kier alpha value is -4.14. The van der Waals surface area contributed by atoms with Crippen LogP contribution in [-0.4, -0.2) is 32.0 Å². The molecule has 0 aliphatic heterocycles. The Morgan fingerprint density at radius 1 is 0.935 bits per heavy atom. The number of aromatic nitrogens is 4. The third kappa shape index (κ3) is 3.97. The van der Waals surface area contributed by atoms with Crippen LogP contribution in [0.5, 0.6) is 0 Å². The smallest absolute Gasteiger partial charge is 0.276 e. The number of rotatable bonds is 5. The van der Waals surface area contributed by atoms with Crippen LogP contribution in [0.1, 0.15) is 23.3 Å². The quantitative estimate of drug-likeness (QED) is 0.459. The zero-order valence-electron chi connectivity index (χ0n) is 16.2. The highest BCUT2D eigenvalue weighted by Crippen LogP contribution is 2.31. The topological polar surface area (TPSA) is 113 Å². The minimum absolute atomic E-state index is 0.00929. The molecule has 5 rings (SSSR count). The lowest BCUT2D eigenvalue weighted by Crippen LogP contribution is -2.13. The number of carbonyl (C=O) groups excluding carboxylic acids is 2. The number of H-pyrrole nitrogens is 1. The summed E-state index contributed by atoms with van der Waals surface area (Å²) < 4.78 is 13.3. The van der Waals surface area contributed by atoms with Gasteiger partial charge >= 0.3 is 0 Å². The number of nitrogens with one attached hydrogen (secondary N) is 3. The number of pyridine rings is 2. The molecule has 3 aromatic heterocycles. The number of fused-ring (bicyclic) bond motifs is 1. The van der Waals surface area contributed by atoms with Gasteiger partial charge in [0.2, 0.25) is 5.91 Å². The van der Waals surface area contributed by atoms with E-state index in [1.54, 1.807) is 12.4 Å². The van der Waals surface area contributed by atoms with Crippen LogP contribution in [-0.2, 0) is 4.79 Å². The van der Waals surface area contributed by atoms with Crippen LogP contribution >= 0.6 is 0 Å². The lowest BCUT2D eigenvalue weighted by atomic mass is 10.0. The molecule has 1 aliphatic carbocycles. The number of amides is 2. The highest BCUT2D eigenvalue weighted by molar-refractivity contribution is 6.11. The van der Waals surface area contributed by atoms with E-state index >= 15 is 0 Å². The van der Waals surface area contributed by atoms with Gasteiger partial charge in [-0.25, -0.2) is 4.39 Å². The number of benzene rings is 1. The number of anilines is 2. The molecule has 1 saturated carbocycles. The van der Waals surface area contributed by atoms with E-state index in [-0.39, 0.29) is 23.2 Å². The Balaban J connectivity index is 1.43. The van der Waals surface area contributed by atoms with Gasteiger partial charge in [-0.3, -0.25) is 24.7 Å². The van der Waals surface area contributed by atoms with Crippen LogP contribution in [0.25, 0.3) is 22.0 Å². The lowest BCUT2D eigenvalue weighted by Gasteiger charge is -2.07. The highest BCUT2D eigenvalue weighted by Gasteiger charge is 2.29. The third-order valence-corrected chi connectivity index (χ3v) is 5.03. The van der Waals surface area contributed by atoms with Crippen LogP contribution in [0.3, 0.4) is 0 Å². The number of halogens is 1. The van der Waals surface area contributed by atoms with Gasteiger partial charge in [-0.15, -0.1) is 0 Å². The van der Waals surface area contributed by atoms with Gasteiger partial charge in [0.25, 0.3) is 5.91 Å². The standard InChI is InChI=1S/C22H17FN6O2/c23-15-7-17(11-25-9-15)27-22(31)20-18-6-13(3-4-19(18)28-29-20)14-5-16(10-24-8-14)26-21(30)12-1-2-12/h3-12H,1-2H2,(H,26,30)(H,27,31)(H,28,29). The van der Waals surface area contributed by atoms with Crippen molar-refractivity contribution in [2.24, 2.45) is 5.92 Å². The monoisotopic (exact) mass is 416 g/mol. The second kappa shape index (κ2) is 7.60. The van der Waals surface area contributed by atoms with Crippen LogP contribution in [0.2, 0.25) is 0 Å². The zero-order valence-corrected chi connectivity index (χ0v) is 16.2. The molecule has 4 aromatic rings. The Labute approximate surface area is 175 Å². The van der Waals surface area contributed by atoms with Crippen molar-refractivity contribution in [3.8, 4) is 11.1 Å². The van der Waals surface area contributed by atoms with E-state index in [1.807, 2.05) is 24.3 Å². The zero-order chi connectivity index (χ0) is 21.4. The Morgan fingerprint density at radius 2 is 1.71 bits per heavy atom. The van der Waals surface area contributed by atoms with Crippen molar-refractivity contribution >= 4 is 34.1 Å². The van der Waals surface area contributed by atoms with E-state index < -0.39 is 11.7 Å². The SMILES string of the molecule is O=C(Nc1cncc(F)c1)c1n[nH]c2ccc(-c3cncc(NC(=O)C4CC4)c3)cc12. The van der Waals surface area contributed by atoms with Gasteiger partial charge in [-0.05, 0) is 36.6 Å². The predicted molar refractivity (Wildman–Crippen MR) is 113 cm³/mol. The normalized spacial score (nSPS) is 13.2. The maximum absolute atomic E-state index is 13.3. The molecule has 1 aliphatic rings. The number of nitrogens with zero attached hydrogens (tertiary/aromatic N) is 3. The summed E-state index contributed by atoms with van der Waals surface area (Å²) >= 11 is 0. The fourth-order valence-corrected chi connectivity index (χ4v) is 3.29. The summed E-state index contributed by atoms with van der Waals surface area (Å²) in [6.45, 7) is 0. The van der Waals surface area contributed by atoms with Crippen molar-refractivity contribution in [2.75, 3.05) is 10.6 Å². The molecule has 9 heteroatoms. The van der Waals surface area contributed by atoms with Gasteiger partial charge in [0.1, 0.15) is 5.82 Å². The maximum atomic E-state index is 13.3. The van der Waals surface area contributed by atoms with E-state index in [0.717, 1.165) is 30.2 Å². The van der Waals surface area contributed by atoms with Crippen LogP contribution in [0.4, 0.5) is 15.8 Å². The molecule has 1 aromatic carbocycles. The van der Waals surface area contributed by atoms with Crippen LogP contribution in [0.15, 0.2) is 55.1 Å². The lowest BCUT2D eigenvalue weighted by molar-refractivity contribution is -0.117. The van der Waals surface area contributed by atoms with E-state index in [0.29, 0.717) is 16.6 Å². The molecule has 2 amide bonds. The molecule has 31 heavy (non-hydrogen) atoms. The molecule has 8 nitrogen and oxygen atoms in total. The molecular weight excluding hydrogens is 399 g/mol. The molecule has 0 atom stereocenters. The van der Waals surface area contributed by atoms with Crippen molar-refractivity contribution in [1.29, 1.82) is 0 Å². The van der Waals surface area contributed by atoms with E-state index in [4.69, 9.17) is 0 Å².